The summed E-state index contributed by atoms with van der Waals surface area (Å²) in [5, 5.41) is 0.941. The van der Waals surface area contributed by atoms with E-state index in [-0.39, 0.29) is 5.82 Å². The monoisotopic (exact) mass is 398 g/mol. The van der Waals surface area contributed by atoms with Crippen LogP contribution in [0, 0.1) is 18.7 Å². The van der Waals surface area contributed by atoms with Gasteiger partial charge in [-0.15, -0.1) is 0 Å². The Balaban J connectivity index is 2.09. The number of halogens is 3. The first-order chi connectivity index (χ1) is 9.58. The molecular formula is C17H17Br2F. The Kier molecular flexibility index (Phi) is 5.79. The van der Waals surface area contributed by atoms with Gasteiger partial charge in [0.05, 0.1) is 0 Å². The molecule has 0 aliphatic heterocycles. The molecule has 0 saturated carbocycles. The van der Waals surface area contributed by atoms with Crippen molar-refractivity contribution in [3.63, 3.8) is 0 Å². The van der Waals surface area contributed by atoms with Gasteiger partial charge in [-0.3, -0.25) is 0 Å². The Bertz CT molecular complexity index is 581. The van der Waals surface area contributed by atoms with Gasteiger partial charge in [0, 0.05) is 9.80 Å². The molecule has 0 aliphatic rings. The van der Waals surface area contributed by atoms with Gasteiger partial charge in [0.25, 0.3) is 0 Å². The molecule has 0 amide bonds. The van der Waals surface area contributed by atoms with Crippen molar-refractivity contribution in [3.8, 4) is 0 Å². The molecule has 0 nitrogen and oxygen atoms in total. The summed E-state index contributed by atoms with van der Waals surface area (Å²) in [6.07, 6.45) is 1.98. The minimum Gasteiger partial charge on any atom is -0.207 e. The smallest absolute Gasteiger partial charge is 0.123 e. The Morgan fingerprint density at radius 1 is 1.10 bits per heavy atom. The molecule has 1 atom stereocenters. The molecule has 2 aromatic rings. The summed E-state index contributed by atoms with van der Waals surface area (Å²) in [7, 11) is 0. The highest BCUT2D eigenvalue weighted by Gasteiger charge is 2.11. The topological polar surface area (TPSA) is 0 Å². The molecule has 0 spiro atoms. The first-order valence-electron chi connectivity index (χ1n) is 6.64. The van der Waals surface area contributed by atoms with Gasteiger partial charge < -0.3 is 0 Å². The fourth-order valence-electron chi connectivity index (χ4n) is 2.38. The third kappa shape index (κ3) is 4.42. The fraction of sp³-hybridized carbons (Fsp3) is 0.294. The standard InChI is InChI=1S/C17H17Br2F/c1-12-7-17(20)6-5-15(12)9-14(11-18)8-13-3-2-4-16(19)10-13/h2-7,10,14H,8-9,11H2,1H3. The molecular weight excluding hydrogens is 383 g/mol. The van der Waals surface area contributed by atoms with Crippen LogP contribution in [0.3, 0.4) is 0 Å². The van der Waals surface area contributed by atoms with E-state index in [1.807, 2.05) is 19.1 Å². The van der Waals surface area contributed by atoms with E-state index in [2.05, 4.69) is 50.1 Å². The maximum Gasteiger partial charge on any atom is 0.123 e. The van der Waals surface area contributed by atoms with Crippen molar-refractivity contribution in [1.82, 2.24) is 0 Å². The zero-order valence-corrected chi connectivity index (χ0v) is 14.5. The van der Waals surface area contributed by atoms with Crippen LogP contribution < -0.4 is 0 Å². The number of benzene rings is 2. The van der Waals surface area contributed by atoms with E-state index in [0.717, 1.165) is 28.2 Å². The molecule has 0 radical (unpaired) electrons. The summed E-state index contributed by atoms with van der Waals surface area (Å²) in [5.74, 6) is 0.349. The third-order valence-electron chi connectivity index (χ3n) is 3.44. The predicted molar refractivity (Wildman–Crippen MR) is 90.0 cm³/mol. The largest absolute Gasteiger partial charge is 0.207 e. The zero-order valence-electron chi connectivity index (χ0n) is 11.4. The SMILES string of the molecule is Cc1cc(F)ccc1CC(CBr)Cc1cccc(Br)c1. The van der Waals surface area contributed by atoms with Gasteiger partial charge >= 0.3 is 0 Å². The van der Waals surface area contributed by atoms with Crippen molar-refractivity contribution in [1.29, 1.82) is 0 Å². The summed E-state index contributed by atoms with van der Waals surface area (Å²) in [5.41, 5.74) is 3.58. The number of rotatable bonds is 5. The maximum atomic E-state index is 13.1. The first-order valence-corrected chi connectivity index (χ1v) is 8.55. The van der Waals surface area contributed by atoms with E-state index < -0.39 is 0 Å². The van der Waals surface area contributed by atoms with Crippen LogP contribution in [-0.4, -0.2) is 5.33 Å². The van der Waals surface area contributed by atoms with E-state index >= 15 is 0 Å². The Labute approximate surface area is 136 Å². The summed E-state index contributed by atoms with van der Waals surface area (Å²) < 4.78 is 14.3. The molecule has 0 saturated heterocycles. The maximum absolute atomic E-state index is 13.1. The number of hydrogen-bond acceptors (Lipinski definition) is 0. The van der Waals surface area contributed by atoms with E-state index in [1.165, 1.54) is 11.1 Å². The highest BCUT2D eigenvalue weighted by atomic mass is 79.9. The van der Waals surface area contributed by atoms with Crippen LogP contribution in [0.4, 0.5) is 4.39 Å². The van der Waals surface area contributed by atoms with Crippen LogP contribution in [0.15, 0.2) is 46.9 Å². The van der Waals surface area contributed by atoms with Gasteiger partial charge in [-0.05, 0) is 66.6 Å². The lowest BCUT2D eigenvalue weighted by Crippen LogP contribution is -2.11. The quantitative estimate of drug-likeness (QED) is 0.566. The molecule has 20 heavy (non-hydrogen) atoms. The molecule has 0 aromatic heterocycles. The number of alkyl halides is 1. The summed E-state index contributed by atoms with van der Waals surface area (Å²) in [6.45, 7) is 1.98. The van der Waals surface area contributed by atoms with Gasteiger partial charge in [-0.1, -0.05) is 50.1 Å². The lowest BCUT2D eigenvalue weighted by molar-refractivity contribution is 0.585. The average molecular weight is 400 g/mol. The van der Waals surface area contributed by atoms with Gasteiger partial charge in [0.15, 0.2) is 0 Å². The molecule has 0 heterocycles. The Hall–Kier alpha value is -0.670. The Morgan fingerprint density at radius 3 is 2.55 bits per heavy atom. The number of aryl methyl sites for hydroxylation is 1. The van der Waals surface area contributed by atoms with Gasteiger partial charge in [-0.25, -0.2) is 4.39 Å². The second kappa shape index (κ2) is 7.37. The van der Waals surface area contributed by atoms with Crippen LogP contribution in [0.5, 0.6) is 0 Å². The van der Waals surface area contributed by atoms with E-state index in [4.69, 9.17) is 0 Å². The van der Waals surface area contributed by atoms with Crippen LogP contribution in [0.25, 0.3) is 0 Å². The summed E-state index contributed by atoms with van der Waals surface area (Å²) >= 11 is 7.11. The summed E-state index contributed by atoms with van der Waals surface area (Å²) in [6, 6.07) is 13.5. The van der Waals surface area contributed by atoms with E-state index in [9.17, 15) is 4.39 Å². The molecule has 106 valence electrons. The van der Waals surface area contributed by atoms with Crippen molar-refractivity contribution in [2.24, 2.45) is 5.92 Å². The third-order valence-corrected chi connectivity index (χ3v) is 4.85. The van der Waals surface area contributed by atoms with Crippen molar-refractivity contribution in [3.05, 3.63) is 69.4 Å². The molecule has 0 bridgehead atoms. The molecule has 1 unspecified atom stereocenters. The fourth-order valence-corrected chi connectivity index (χ4v) is 3.28. The second-order valence-electron chi connectivity index (χ2n) is 5.13. The predicted octanol–water partition coefficient (Wildman–Crippen LogP) is 5.69. The van der Waals surface area contributed by atoms with Crippen molar-refractivity contribution in [2.45, 2.75) is 19.8 Å². The van der Waals surface area contributed by atoms with Gasteiger partial charge in [-0.2, -0.15) is 0 Å². The Morgan fingerprint density at radius 2 is 1.90 bits per heavy atom. The summed E-state index contributed by atoms with van der Waals surface area (Å²) in [4.78, 5) is 0. The lowest BCUT2D eigenvalue weighted by Gasteiger charge is -2.16. The van der Waals surface area contributed by atoms with E-state index in [1.54, 1.807) is 12.1 Å². The normalized spacial score (nSPS) is 12.4. The van der Waals surface area contributed by atoms with Gasteiger partial charge in [0.1, 0.15) is 5.82 Å². The van der Waals surface area contributed by atoms with Crippen LogP contribution in [0.1, 0.15) is 16.7 Å². The lowest BCUT2D eigenvalue weighted by atomic mass is 9.92. The van der Waals surface area contributed by atoms with Gasteiger partial charge in [0.2, 0.25) is 0 Å². The minimum atomic E-state index is -0.159. The number of hydrogen-bond donors (Lipinski definition) is 0. The van der Waals surface area contributed by atoms with E-state index in [0.29, 0.717) is 5.92 Å². The average Bonchev–Trinajstić information content (AvgIpc) is 2.41. The molecule has 0 aliphatic carbocycles. The van der Waals surface area contributed by atoms with Crippen LogP contribution >= 0.6 is 31.9 Å². The van der Waals surface area contributed by atoms with Crippen LogP contribution in [-0.2, 0) is 12.8 Å². The molecule has 2 rings (SSSR count). The molecule has 0 N–H and O–H groups in total. The van der Waals surface area contributed by atoms with Crippen molar-refractivity contribution >= 4 is 31.9 Å². The molecule has 2 aromatic carbocycles. The molecule has 3 heteroatoms. The van der Waals surface area contributed by atoms with Crippen molar-refractivity contribution < 1.29 is 4.39 Å². The zero-order chi connectivity index (χ0) is 14.5. The van der Waals surface area contributed by atoms with Crippen molar-refractivity contribution in [2.75, 3.05) is 5.33 Å². The highest BCUT2D eigenvalue weighted by Crippen LogP contribution is 2.21. The second-order valence-corrected chi connectivity index (χ2v) is 6.69. The highest BCUT2D eigenvalue weighted by molar-refractivity contribution is 9.10. The first kappa shape index (κ1) is 15.7. The minimum absolute atomic E-state index is 0.159. The molecule has 0 fully saturated rings. The van der Waals surface area contributed by atoms with Crippen LogP contribution in [0.2, 0.25) is 0 Å².